The van der Waals surface area contributed by atoms with Gasteiger partial charge in [-0.2, -0.15) is 15.4 Å². The fourth-order valence-electron chi connectivity index (χ4n) is 2.33. The van der Waals surface area contributed by atoms with E-state index in [1.165, 1.54) is 0 Å². The second-order valence-corrected chi connectivity index (χ2v) is 5.51. The van der Waals surface area contributed by atoms with E-state index in [9.17, 15) is 9.59 Å². The highest BCUT2D eigenvalue weighted by molar-refractivity contribution is 6.01. The average Bonchev–Trinajstić information content (AvgIpc) is 3.04. The predicted molar refractivity (Wildman–Crippen MR) is 90.8 cm³/mol. The number of amides is 2. The van der Waals surface area contributed by atoms with Crippen LogP contribution in [0.15, 0.2) is 36.4 Å². The van der Waals surface area contributed by atoms with Gasteiger partial charge in [0.05, 0.1) is 6.54 Å². The van der Waals surface area contributed by atoms with Gasteiger partial charge in [-0.05, 0) is 49.2 Å². The summed E-state index contributed by atoms with van der Waals surface area (Å²) < 4.78 is 0. The van der Waals surface area contributed by atoms with Crippen LogP contribution in [0.5, 0.6) is 0 Å². The van der Waals surface area contributed by atoms with Crippen molar-refractivity contribution in [1.29, 1.82) is 0 Å². The van der Waals surface area contributed by atoms with Gasteiger partial charge in [0.15, 0.2) is 0 Å². The van der Waals surface area contributed by atoms with Gasteiger partial charge in [-0.1, -0.05) is 12.1 Å². The van der Waals surface area contributed by atoms with E-state index in [0.29, 0.717) is 16.6 Å². The Labute approximate surface area is 138 Å². The summed E-state index contributed by atoms with van der Waals surface area (Å²) >= 11 is 0. The van der Waals surface area contributed by atoms with Crippen LogP contribution in [0.3, 0.4) is 0 Å². The van der Waals surface area contributed by atoms with E-state index < -0.39 is 0 Å². The van der Waals surface area contributed by atoms with Gasteiger partial charge in [0.25, 0.3) is 5.91 Å². The molecular weight excluding hydrogens is 306 g/mol. The van der Waals surface area contributed by atoms with E-state index in [1.54, 1.807) is 18.2 Å². The normalized spacial score (nSPS) is 10.6. The molecule has 122 valence electrons. The molecule has 0 spiro atoms. The van der Waals surface area contributed by atoms with E-state index in [1.807, 2.05) is 32.0 Å². The summed E-state index contributed by atoms with van der Waals surface area (Å²) in [7, 11) is 0. The van der Waals surface area contributed by atoms with Crippen LogP contribution in [0.1, 0.15) is 21.5 Å². The van der Waals surface area contributed by atoms with Crippen LogP contribution in [-0.4, -0.2) is 33.8 Å². The molecule has 7 nitrogen and oxygen atoms in total. The minimum absolute atomic E-state index is 0.108. The SMILES string of the molecule is Cc1cccc(NC(=O)CNC(=O)c2ccc3n[nH]nc3c2)c1C. The lowest BCUT2D eigenvalue weighted by Gasteiger charge is -2.11. The number of anilines is 1. The van der Waals surface area contributed by atoms with E-state index in [2.05, 4.69) is 26.0 Å². The molecule has 0 radical (unpaired) electrons. The van der Waals surface area contributed by atoms with Crippen LogP contribution in [0.4, 0.5) is 5.69 Å². The summed E-state index contributed by atoms with van der Waals surface area (Å²) in [6.07, 6.45) is 0. The first kappa shape index (κ1) is 15.7. The molecule has 3 rings (SSSR count). The molecule has 7 heteroatoms. The molecular formula is C17H17N5O2. The molecule has 0 saturated heterocycles. The minimum Gasteiger partial charge on any atom is -0.343 e. The summed E-state index contributed by atoms with van der Waals surface area (Å²) in [5, 5.41) is 15.8. The zero-order chi connectivity index (χ0) is 17.1. The monoisotopic (exact) mass is 323 g/mol. The molecule has 3 aromatic rings. The van der Waals surface area contributed by atoms with Gasteiger partial charge in [-0.15, -0.1) is 0 Å². The van der Waals surface area contributed by atoms with Crippen molar-refractivity contribution in [3.05, 3.63) is 53.1 Å². The quantitative estimate of drug-likeness (QED) is 0.683. The van der Waals surface area contributed by atoms with Gasteiger partial charge in [-0.25, -0.2) is 0 Å². The minimum atomic E-state index is -0.337. The number of nitrogens with one attached hydrogen (secondary N) is 3. The summed E-state index contributed by atoms with van der Waals surface area (Å²) in [5.41, 5.74) is 4.56. The lowest BCUT2D eigenvalue weighted by Crippen LogP contribution is -2.33. The lowest BCUT2D eigenvalue weighted by atomic mass is 10.1. The third kappa shape index (κ3) is 3.24. The molecule has 3 N–H and O–H groups in total. The topological polar surface area (TPSA) is 99.8 Å². The van der Waals surface area contributed by atoms with Crippen LogP contribution >= 0.6 is 0 Å². The number of fused-ring (bicyclic) bond motifs is 1. The molecule has 0 aliphatic carbocycles. The van der Waals surface area contributed by atoms with Crippen molar-refractivity contribution in [1.82, 2.24) is 20.7 Å². The predicted octanol–water partition coefficient (Wildman–Crippen LogP) is 1.94. The van der Waals surface area contributed by atoms with Crippen LogP contribution in [0.2, 0.25) is 0 Å². The van der Waals surface area contributed by atoms with Crippen LogP contribution in [0.25, 0.3) is 11.0 Å². The number of H-pyrrole nitrogens is 1. The van der Waals surface area contributed by atoms with Crippen molar-refractivity contribution in [3.8, 4) is 0 Å². The first-order valence-electron chi connectivity index (χ1n) is 7.49. The van der Waals surface area contributed by atoms with Gasteiger partial charge in [0, 0.05) is 11.3 Å². The standard InChI is InChI=1S/C17H17N5O2/c1-10-4-3-5-13(11(10)2)19-16(23)9-18-17(24)12-6-7-14-15(8-12)21-22-20-14/h3-8H,9H2,1-2H3,(H,18,24)(H,19,23)(H,20,21,22). The Hall–Kier alpha value is -3.22. The molecule has 0 aliphatic heterocycles. The van der Waals surface area contributed by atoms with E-state index in [4.69, 9.17) is 0 Å². The number of aryl methyl sites for hydroxylation is 1. The smallest absolute Gasteiger partial charge is 0.251 e. The Balaban J connectivity index is 1.61. The number of hydrogen-bond donors (Lipinski definition) is 3. The third-order valence-corrected chi connectivity index (χ3v) is 3.87. The van der Waals surface area contributed by atoms with Crippen molar-refractivity contribution >= 4 is 28.5 Å². The average molecular weight is 323 g/mol. The number of hydrogen-bond acceptors (Lipinski definition) is 4. The number of benzene rings is 2. The highest BCUT2D eigenvalue weighted by atomic mass is 16.2. The maximum atomic E-state index is 12.1. The summed E-state index contributed by atoms with van der Waals surface area (Å²) in [6, 6.07) is 10.7. The van der Waals surface area contributed by atoms with E-state index in [0.717, 1.165) is 16.8 Å². The van der Waals surface area contributed by atoms with Gasteiger partial charge < -0.3 is 10.6 Å². The van der Waals surface area contributed by atoms with Crippen molar-refractivity contribution in [2.75, 3.05) is 11.9 Å². The number of carbonyl (C=O) groups excluding carboxylic acids is 2. The van der Waals surface area contributed by atoms with E-state index in [-0.39, 0.29) is 18.4 Å². The molecule has 2 amide bonds. The largest absolute Gasteiger partial charge is 0.343 e. The molecule has 0 bridgehead atoms. The first-order chi connectivity index (χ1) is 11.5. The molecule has 1 heterocycles. The van der Waals surface area contributed by atoms with Gasteiger partial charge in [-0.3, -0.25) is 9.59 Å². The Bertz CT molecular complexity index is 916. The van der Waals surface area contributed by atoms with Crippen molar-refractivity contribution < 1.29 is 9.59 Å². The Morgan fingerprint density at radius 2 is 1.88 bits per heavy atom. The Kier molecular flexibility index (Phi) is 4.24. The van der Waals surface area contributed by atoms with Crippen LogP contribution < -0.4 is 10.6 Å². The fourth-order valence-corrected chi connectivity index (χ4v) is 2.33. The van der Waals surface area contributed by atoms with Crippen molar-refractivity contribution in [3.63, 3.8) is 0 Å². The number of aromatic nitrogens is 3. The zero-order valence-electron chi connectivity index (χ0n) is 13.4. The van der Waals surface area contributed by atoms with Gasteiger partial charge in [0.1, 0.15) is 11.0 Å². The lowest BCUT2D eigenvalue weighted by molar-refractivity contribution is -0.115. The maximum absolute atomic E-state index is 12.1. The highest BCUT2D eigenvalue weighted by Crippen LogP contribution is 2.17. The molecule has 0 fully saturated rings. The van der Waals surface area contributed by atoms with Crippen molar-refractivity contribution in [2.24, 2.45) is 0 Å². The van der Waals surface area contributed by atoms with E-state index >= 15 is 0 Å². The number of rotatable bonds is 4. The summed E-state index contributed by atoms with van der Waals surface area (Å²) in [5.74, 6) is -0.615. The molecule has 0 aliphatic rings. The summed E-state index contributed by atoms with van der Waals surface area (Å²) in [4.78, 5) is 24.2. The zero-order valence-corrected chi connectivity index (χ0v) is 13.4. The molecule has 1 aromatic heterocycles. The second-order valence-electron chi connectivity index (χ2n) is 5.51. The van der Waals surface area contributed by atoms with Crippen LogP contribution in [-0.2, 0) is 4.79 Å². The molecule has 2 aromatic carbocycles. The van der Waals surface area contributed by atoms with Gasteiger partial charge in [0.2, 0.25) is 5.91 Å². The van der Waals surface area contributed by atoms with Gasteiger partial charge >= 0.3 is 0 Å². The molecule has 0 unspecified atom stereocenters. The highest BCUT2D eigenvalue weighted by Gasteiger charge is 2.11. The number of aromatic amines is 1. The third-order valence-electron chi connectivity index (χ3n) is 3.87. The maximum Gasteiger partial charge on any atom is 0.251 e. The number of carbonyl (C=O) groups is 2. The molecule has 24 heavy (non-hydrogen) atoms. The molecule has 0 saturated carbocycles. The Morgan fingerprint density at radius 3 is 2.71 bits per heavy atom. The first-order valence-corrected chi connectivity index (χ1v) is 7.49. The number of nitrogens with zero attached hydrogens (tertiary/aromatic N) is 2. The second kappa shape index (κ2) is 6.49. The summed E-state index contributed by atoms with van der Waals surface area (Å²) in [6.45, 7) is 3.81. The van der Waals surface area contributed by atoms with Crippen molar-refractivity contribution in [2.45, 2.75) is 13.8 Å². The fraction of sp³-hybridized carbons (Fsp3) is 0.176. The Morgan fingerprint density at radius 1 is 1.08 bits per heavy atom. The van der Waals surface area contributed by atoms with Crippen LogP contribution in [0, 0.1) is 13.8 Å². The molecule has 0 atom stereocenters.